The van der Waals surface area contributed by atoms with Gasteiger partial charge in [-0.2, -0.15) is 0 Å². The van der Waals surface area contributed by atoms with Crippen molar-refractivity contribution in [2.75, 3.05) is 33.4 Å². The summed E-state index contributed by atoms with van der Waals surface area (Å²) in [7, 11) is 1.40. The number of H-pyrrole nitrogens is 1. The second-order valence-corrected chi connectivity index (χ2v) is 10.0. The average molecular weight is 546 g/mol. The molecule has 0 bridgehead atoms. The predicted molar refractivity (Wildman–Crippen MR) is 136 cm³/mol. The van der Waals surface area contributed by atoms with Crippen LogP contribution in [0.15, 0.2) is 24.5 Å². The number of aromatic nitrogens is 3. The van der Waals surface area contributed by atoms with E-state index in [1.807, 2.05) is 0 Å². The van der Waals surface area contributed by atoms with E-state index in [-0.39, 0.29) is 48.7 Å². The van der Waals surface area contributed by atoms with Crippen molar-refractivity contribution in [3.63, 3.8) is 0 Å². The number of benzene rings is 1. The lowest BCUT2D eigenvalue weighted by Gasteiger charge is -2.35. The maximum Gasteiger partial charge on any atom is 0.263 e. The van der Waals surface area contributed by atoms with E-state index in [0.29, 0.717) is 40.7 Å². The van der Waals surface area contributed by atoms with E-state index in [4.69, 9.17) is 9.47 Å². The molecule has 39 heavy (non-hydrogen) atoms. The first kappa shape index (κ1) is 26.9. The highest BCUT2D eigenvalue weighted by molar-refractivity contribution is 6.09. The number of fused-ring (bicyclic) bond motifs is 1. The summed E-state index contributed by atoms with van der Waals surface area (Å²) in [6, 6.07) is 3.40. The second kappa shape index (κ2) is 11.2. The molecule has 1 saturated heterocycles. The Labute approximate surface area is 223 Å². The number of hydrogen-bond donors (Lipinski definition) is 2. The summed E-state index contributed by atoms with van der Waals surface area (Å²) in [5, 5.41) is 2.74. The minimum absolute atomic E-state index is 0.131. The maximum absolute atomic E-state index is 14.9. The third kappa shape index (κ3) is 5.70. The Morgan fingerprint density at radius 3 is 2.72 bits per heavy atom. The molecule has 1 aliphatic heterocycles. The van der Waals surface area contributed by atoms with Crippen molar-refractivity contribution in [1.82, 2.24) is 25.2 Å². The normalized spacial score (nSPS) is 19.5. The number of amides is 2. The zero-order valence-corrected chi connectivity index (χ0v) is 21.7. The highest BCUT2D eigenvalue weighted by Crippen LogP contribution is 2.38. The van der Waals surface area contributed by atoms with E-state index in [0.717, 1.165) is 12.8 Å². The lowest BCUT2D eigenvalue weighted by molar-refractivity contribution is -0.137. The Kier molecular flexibility index (Phi) is 7.74. The number of alkyl halides is 3. The zero-order valence-electron chi connectivity index (χ0n) is 21.7. The lowest BCUT2D eigenvalue weighted by atomic mass is 10.0. The fraction of sp³-hybridized carbons (Fsp3) is 0.481. The quantitative estimate of drug-likeness (QED) is 0.421. The highest BCUT2D eigenvalue weighted by Gasteiger charge is 2.34. The van der Waals surface area contributed by atoms with Crippen molar-refractivity contribution in [2.24, 2.45) is 5.92 Å². The van der Waals surface area contributed by atoms with Crippen molar-refractivity contribution < 1.29 is 32.2 Å². The summed E-state index contributed by atoms with van der Waals surface area (Å²) in [6.07, 6.45) is -0.499. The standard InChI is InChI=1S/C27H30F3N5O4/c1-14-22(27(37)34-19-7-8-35(10-18(19)28)21(36)12-38-2)24-25(33-14)23(31-13-32-24)17-9-16(26(29)30)5-6-20(17)39-11-15-3-4-15/h5-6,9,13,15,18-19,26,33H,3-4,7-8,10-12H2,1-2H3,(H,34,37)/t18-,19-/m0/s1. The predicted octanol–water partition coefficient (Wildman–Crippen LogP) is 3.97. The third-order valence-electron chi connectivity index (χ3n) is 7.16. The van der Waals surface area contributed by atoms with Crippen LogP contribution >= 0.6 is 0 Å². The van der Waals surface area contributed by atoms with E-state index in [1.54, 1.807) is 6.92 Å². The number of carbonyl (C=O) groups excluding carboxylic acids is 2. The van der Waals surface area contributed by atoms with E-state index in [2.05, 4.69) is 20.3 Å². The molecule has 0 unspecified atom stereocenters. The summed E-state index contributed by atoms with van der Waals surface area (Å²) in [5.41, 5.74) is 1.87. The smallest absolute Gasteiger partial charge is 0.263 e. The van der Waals surface area contributed by atoms with Crippen LogP contribution in [-0.4, -0.2) is 77.3 Å². The summed E-state index contributed by atoms with van der Waals surface area (Å²) >= 11 is 0. The number of carbonyl (C=O) groups is 2. The number of halogens is 3. The van der Waals surface area contributed by atoms with Crippen molar-refractivity contribution in [2.45, 2.75) is 44.8 Å². The Bertz CT molecular complexity index is 1380. The van der Waals surface area contributed by atoms with E-state index < -0.39 is 24.5 Å². The molecule has 0 radical (unpaired) electrons. The maximum atomic E-state index is 14.9. The van der Waals surface area contributed by atoms with Crippen LogP contribution in [0.5, 0.6) is 5.75 Å². The first-order valence-electron chi connectivity index (χ1n) is 12.9. The molecule has 208 valence electrons. The fourth-order valence-electron chi connectivity index (χ4n) is 4.84. The van der Waals surface area contributed by atoms with Gasteiger partial charge in [0.05, 0.1) is 30.3 Å². The van der Waals surface area contributed by atoms with Crippen LogP contribution in [0.3, 0.4) is 0 Å². The van der Waals surface area contributed by atoms with Gasteiger partial charge >= 0.3 is 0 Å². The Morgan fingerprint density at radius 2 is 2.03 bits per heavy atom. The minimum Gasteiger partial charge on any atom is -0.493 e. The molecule has 2 aromatic heterocycles. The number of aromatic amines is 1. The number of likely N-dealkylation sites (tertiary alicyclic amines) is 1. The van der Waals surface area contributed by atoms with Gasteiger partial charge in [0.15, 0.2) is 0 Å². The summed E-state index contributed by atoms with van der Waals surface area (Å²) < 4.78 is 52.9. The number of ether oxygens (including phenoxy) is 2. The van der Waals surface area contributed by atoms with Crippen LogP contribution in [0.2, 0.25) is 0 Å². The first-order valence-corrected chi connectivity index (χ1v) is 12.9. The van der Waals surface area contributed by atoms with Crippen molar-refractivity contribution in [3.05, 3.63) is 41.3 Å². The average Bonchev–Trinajstić information content (AvgIpc) is 3.68. The molecule has 1 aromatic carbocycles. The van der Waals surface area contributed by atoms with Gasteiger partial charge < -0.3 is 24.7 Å². The Morgan fingerprint density at radius 1 is 1.23 bits per heavy atom. The molecule has 1 saturated carbocycles. The van der Waals surface area contributed by atoms with E-state index >= 15 is 0 Å². The van der Waals surface area contributed by atoms with E-state index in [1.165, 1.54) is 36.5 Å². The monoisotopic (exact) mass is 545 g/mol. The van der Waals surface area contributed by atoms with Crippen LogP contribution in [0.1, 0.15) is 47.3 Å². The summed E-state index contributed by atoms with van der Waals surface area (Å²) in [4.78, 5) is 38.5. The molecule has 3 aromatic rings. The van der Waals surface area contributed by atoms with Gasteiger partial charge in [0, 0.05) is 30.5 Å². The van der Waals surface area contributed by atoms with Crippen molar-refractivity contribution in [3.8, 4) is 17.0 Å². The van der Waals surface area contributed by atoms with Gasteiger partial charge in [0.25, 0.3) is 12.3 Å². The third-order valence-corrected chi connectivity index (χ3v) is 7.16. The van der Waals surface area contributed by atoms with Crippen LogP contribution in [0.4, 0.5) is 13.2 Å². The molecule has 3 heterocycles. The van der Waals surface area contributed by atoms with Gasteiger partial charge in [-0.05, 0) is 50.3 Å². The number of nitrogens with zero attached hydrogens (tertiary/aromatic N) is 3. The van der Waals surface area contributed by atoms with Crippen molar-refractivity contribution >= 4 is 22.8 Å². The van der Waals surface area contributed by atoms with Crippen LogP contribution in [0, 0.1) is 12.8 Å². The zero-order chi connectivity index (χ0) is 27.7. The van der Waals surface area contributed by atoms with Gasteiger partial charge in [0.2, 0.25) is 5.91 Å². The molecular weight excluding hydrogens is 515 g/mol. The highest BCUT2D eigenvalue weighted by atomic mass is 19.3. The molecular formula is C27H30F3N5O4. The Balaban J connectivity index is 1.42. The van der Waals surface area contributed by atoms with Gasteiger partial charge in [0.1, 0.15) is 36.1 Å². The SMILES string of the molecule is COCC(=O)N1CC[C@H](NC(=O)c2c(C)[nH]c3c(-c4cc(C(F)F)ccc4OCC4CC4)ncnc23)[C@@H](F)C1. The molecule has 5 rings (SSSR count). The molecule has 12 heteroatoms. The number of piperidine rings is 1. The lowest BCUT2D eigenvalue weighted by Crippen LogP contribution is -2.54. The van der Waals surface area contributed by atoms with Gasteiger partial charge in [-0.15, -0.1) is 0 Å². The minimum atomic E-state index is -2.69. The molecule has 2 N–H and O–H groups in total. The number of aryl methyl sites for hydroxylation is 1. The largest absolute Gasteiger partial charge is 0.493 e. The Hall–Kier alpha value is -3.67. The molecule has 0 spiro atoms. The second-order valence-electron chi connectivity index (χ2n) is 10.0. The summed E-state index contributed by atoms with van der Waals surface area (Å²) in [6.45, 7) is 2.17. The molecule has 2 atom stereocenters. The molecule has 1 aliphatic carbocycles. The van der Waals surface area contributed by atoms with Gasteiger partial charge in [-0.3, -0.25) is 9.59 Å². The number of hydrogen-bond acceptors (Lipinski definition) is 6. The fourth-order valence-corrected chi connectivity index (χ4v) is 4.84. The molecule has 9 nitrogen and oxygen atoms in total. The van der Waals surface area contributed by atoms with Gasteiger partial charge in [-0.25, -0.2) is 23.1 Å². The van der Waals surface area contributed by atoms with Crippen LogP contribution < -0.4 is 10.1 Å². The topological polar surface area (TPSA) is 109 Å². The molecule has 2 amide bonds. The molecule has 2 aliphatic rings. The number of rotatable bonds is 9. The summed E-state index contributed by atoms with van der Waals surface area (Å²) in [5.74, 6) is 0.0299. The van der Waals surface area contributed by atoms with Crippen molar-refractivity contribution in [1.29, 1.82) is 0 Å². The van der Waals surface area contributed by atoms with E-state index in [9.17, 15) is 22.8 Å². The van der Waals surface area contributed by atoms with Crippen LogP contribution in [0.25, 0.3) is 22.3 Å². The van der Waals surface area contributed by atoms with Gasteiger partial charge in [-0.1, -0.05) is 0 Å². The number of methoxy groups -OCH3 is 1. The first-order chi connectivity index (χ1) is 18.8. The van der Waals surface area contributed by atoms with Crippen LogP contribution in [-0.2, 0) is 9.53 Å². The number of nitrogens with one attached hydrogen (secondary N) is 2. The molecule has 2 fully saturated rings.